The van der Waals surface area contributed by atoms with E-state index in [1.165, 1.54) is 12.8 Å². The molecule has 96 valence electrons. The van der Waals surface area contributed by atoms with Gasteiger partial charge in [-0.05, 0) is 31.4 Å². The second-order valence-electron chi connectivity index (χ2n) is 4.66. The largest absolute Gasteiger partial charge is 0.470 e. The molecule has 18 heavy (non-hydrogen) atoms. The van der Waals surface area contributed by atoms with Crippen LogP contribution in [0, 0.1) is 0 Å². The molecule has 0 N–H and O–H groups in total. The molecule has 3 heterocycles. The van der Waals surface area contributed by atoms with Crippen LogP contribution in [0.1, 0.15) is 31.1 Å². The van der Waals surface area contributed by atoms with E-state index in [9.17, 15) is 4.79 Å². The van der Waals surface area contributed by atoms with Gasteiger partial charge >= 0.3 is 0 Å². The third-order valence-electron chi connectivity index (χ3n) is 3.46. The van der Waals surface area contributed by atoms with Gasteiger partial charge in [-0.25, -0.2) is 4.99 Å². The summed E-state index contributed by atoms with van der Waals surface area (Å²) in [6, 6.07) is 3.11. The molecule has 1 aromatic rings. The summed E-state index contributed by atoms with van der Waals surface area (Å²) in [7, 11) is 0. The van der Waals surface area contributed by atoms with E-state index in [4.69, 9.17) is 9.15 Å². The molecular weight excluding hydrogens is 232 g/mol. The van der Waals surface area contributed by atoms with Gasteiger partial charge in [0.2, 0.25) is 0 Å². The van der Waals surface area contributed by atoms with Crippen LogP contribution in [0.25, 0.3) is 0 Å². The third kappa shape index (κ3) is 2.00. The highest BCUT2D eigenvalue weighted by molar-refractivity contribution is 5.85. The standard InChI is InChI=1S/C13H16N2O3/c16-13(15-6-2-1-3-7-15)11-12(18-9-14-11)10-5-4-8-17-10/h4-5,8-9,11-12H,1-3,6-7H2. The molecule has 1 amide bonds. The Labute approximate surface area is 105 Å². The van der Waals surface area contributed by atoms with E-state index in [1.807, 2.05) is 11.0 Å². The third-order valence-corrected chi connectivity index (χ3v) is 3.46. The molecule has 0 bridgehead atoms. The van der Waals surface area contributed by atoms with E-state index in [-0.39, 0.29) is 5.91 Å². The average molecular weight is 248 g/mol. The van der Waals surface area contributed by atoms with Crippen molar-refractivity contribution in [2.75, 3.05) is 13.1 Å². The molecular formula is C13H16N2O3. The number of ether oxygens (including phenoxy) is 1. The normalized spacial score (nSPS) is 27.2. The fourth-order valence-electron chi connectivity index (χ4n) is 2.49. The molecule has 5 heteroatoms. The van der Waals surface area contributed by atoms with Gasteiger partial charge in [0.15, 0.2) is 18.5 Å². The lowest BCUT2D eigenvalue weighted by molar-refractivity contribution is -0.135. The minimum atomic E-state index is -0.491. The number of rotatable bonds is 2. The maximum absolute atomic E-state index is 12.4. The van der Waals surface area contributed by atoms with E-state index in [1.54, 1.807) is 12.3 Å². The van der Waals surface area contributed by atoms with Crippen molar-refractivity contribution in [3.05, 3.63) is 24.2 Å². The first-order valence-corrected chi connectivity index (χ1v) is 6.35. The molecule has 2 unspecified atom stereocenters. The second kappa shape index (κ2) is 4.84. The number of hydrogen-bond acceptors (Lipinski definition) is 4. The average Bonchev–Trinajstić information content (AvgIpc) is 3.09. The summed E-state index contributed by atoms with van der Waals surface area (Å²) in [4.78, 5) is 18.4. The highest BCUT2D eigenvalue weighted by atomic mass is 16.5. The number of hydrogen-bond donors (Lipinski definition) is 0. The van der Waals surface area contributed by atoms with Crippen molar-refractivity contribution in [2.45, 2.75) is 31.4 Å². The number of carbonyl (C=O) groups is 1. The van der Waals surface area contributed by atoms with Crippen molar-refractivity contribution in [3.8, 4) is 0 Å². The first-order valence-electron chi connectivity index (χ1n) is 6.35. The van der Waals surface area contributed by atoms with Gasteiger partial charge in [-0.2, -0.15) is 0 Å². The van der Waals surface area contributed by atoms with Crippen molar-refractivity contribution in [1.82, 2.24) is 4.90 Å². The lowest BCUT2D eigenvalue weighted by Gasteiger charge is -2.29. The van der Waals surface area contributed by atoms with Crippen LogP contribution in [-0.2, 0) is 9.53 Å². The van der Waals surface area contributed by atoms with Crippen molar-refractivity contribution in [3.63, 3.8) is 0 Å². The summed E-state index contributed by atoms with van der Waals surface area (Å²) in [5, 5.41) is 0. The summed E-state index contributed by atoms with van der Waals surface area (Å²) < 4.78 is 10.7. The second-order valence-corrected chi connectivity index (χ2v) is 4.66. The maximum atomic E-state index is 12.4. The quantitative estimate of drug-likeness (QED) is 0.801. The van der Waals surface area contributed by atoms with E-state index in [0.717, 1.165) is 25.9 Å². The van der Waals surface area contributed by atoms with E-state index >= 15 is 0 Å². The van der Waals surface area contributed by atoms with Crippen LogP contribution < -0.4 is 0 Å². The molecule has 0 spiro atoms. The Kier molecular flexibility index (Phi) is 3.04. The fraction of sp³-hybridized carbons (Fsp3) is 0.538. The van der Waals surface area contributed by atoms with Crippen LogP contribution in [0.15, 0.2) is 27.8 Å². The Hall–Kier alpha value is -1.78. The molecule has 3 rings (SSSR count). The van der Waals surface area contributed by atoms with Crippen LogP contribution in [0.5, 0.6) is 0 Å². The highest BCUT2D eigenvalue weighted by Gasteiger charge is 2.38. The van der Waals surface area contributed by atoms with Crippen molar-refractivity contribution in [2.24, 2.45) is 4.99 Å². The van der Waals surface area contributed by atoms with Gasteiger partial charge in [-0.3, -0.25) is 4.79 Å². The lowest BCUT2D eigenvalue weighted by Crippen LogP contribution is -2.42. The Balaban J connectivity index is 1.73. The molecule has 0 radical (unpaired) electrons. The number of amides is 1. The summed E-state index contributed by atoms with van der Waals surface area (Å²) in [5.74, 6) is 0.702. The van der Waals surface area contributed by atoms with Crippen LogP contribution in [0.4, 0.5) is 0 Å². The number of likely N-dealkylation sites (tertiary alicyclic amines) is 1. The van der Waals surface area contributed by atoms with Crippen molar-refractivity contribution < 1.29 is 13.9 Å². The number of carbonyl (C=O) groups excluding carboxylic acids is 1. The van der Waals surface area contributed by atoms with Gasteiger partial charge in [-0.15, -0.1) is 0 Å². The summed E-state index contributed by atoms with van der Waals surface area (Å²) in [6.07, 6.45) is 5.90. The number of piperidine rings is 1. The highest BCUT2D eigenvalue weighted by Crippen LogP contribution is 2.29. The van der Waals surface area contributed by atoms with Gasteiger partial charge in [0.25, 0.3) is 5.91 Å². The molecule has 1 fully saturated rings. The summed E-state index contributed by atoms with van der Waals surface area (Å²) in [5.41, 5.74) is 0. The molecule has 0 aromatic carbocycles. The molecule has 2 atom stereocenters. The zero-order chi connectivity index (χ0) is 12.4. The predicted molar refractivity (Wildman–Crippen MR) is 65.2 cm³/mol. The van der Waals surface area contributed by atoms with Crippen LogP contribution >= 0.6 is 0 Å². The van der Waals surface area contributed by atoms with Gasteiger partial charge in [0.1, 0.15) is 5.76 Å². The van der Waals surface area contributed by atoms with Crippen LogP contribution in [0.3, 0.4) is 0 Å². The first-order chi connectivity index (χ1) is 8.86. The number of aliphatic imine (C=N–C) groups is 1. The minimum Gasteiger partial charge on any atom is -0.470 e. The lowest BCUT2D eigenvalue weighted by atomic mass is 10.1. The molecule has 2 aliphatic rings. The minimum absolute atomic E-state index is 0.0462. The number of nitrogens with zero attached hydrogens (tertiary/aromatic N) is 2. The fourth-order valence-corrected chi connectivity index (χ4v) is 2.49. The Morgan fingerprint density at radius 2 is 2.17 bits per heavy atom. The zero-order valence-electron chi connectivity index (χ0n) is 10.1. The Bertz CT molecular complexity index is 435. The Morgan fingerprint density at radius 1 is 1.33 bits per heavy atom. The summed E-state index contributed by atoms with van der Waals surface area (Å²) in [6.45, 7) is 1.66. The molecule has 0 saturated carbocycles. The predicted octanol–water partition coefficient (Wildman–Crippen LogP) is 1.76. The topological polar surface area (TPSA) is 55.0 Å². The van der Waals surface area contributed by atoms with E-state index < -0.39 is 12.1 Å². The molecule has 5 nitrogen and oxygen atoms in total. The first kappa shape index (κ1) is 11.3. The zero-order valence-corrected chi connectivity index (χ0v) is 10.1. The van der Waals surface area contributed by atoms with Gasteiger partial charge < -0.3 is 14.1 Å². The molecule has 0 aliphatic carbocycles. The Morgan fingerprint density at radius 3 is 2.89 bits per heavy atom. The van der Waals surface area contributed by atoms with E-state index in [2.05, 4.69) is 4.99 Å². The molecule has 1 aromatic heterocycles. The monoisotopic (exact) mass is 248 g/mol. The van der Waals surface area contributed by atoms with Gasteiger partial charge in [0, 0.05) is 13.1 Å². The SMILES string of the molecule is O=C(C1N=COC1c1ccco1)N1CCCCC1. The van der Waals surface area contributed by atoms with Crippen molar-refractivity contribution >= 4 is 12.3 Å². The van der Waals surface area contributed by atoms with E-state index in [0.29, 0.717) is 5.76 Å². The van der Waals surface area contributed by atoms with Crippen molar-refractivity contribution in [1.29, 1.82) is 0 Å². The number of furan rings is 1. The van der Waals surface area contributed by atoms with Crippen LogP contribution in [0.2, 0.25) is 0 Å². The maximum Gasteiger partial charge on any atom is 0.251 e. The molecule has 1 saturated heterocycles. The van der Waals surface area contributed by atoms with Gasteiger partial charge in [0.05, 0.1) is 6.26 Å². The smallest absolute Gasteiger partial charge is 0.251 e. The summed E-state index contributed by atoms with van der Waals surface area (Å²) >= 11 is 0. The van der Waals surface area contributed by atoms with Gasteiger partial charge in [-0.1, -0.05) is 0 Å². The van der Waals surface area contributed by atoms with Crippen LogP contribution in [-0.4, -0.2) is 36.3 Å². The molecule has 2 aliphatic heterocycles.